The molecule has 1 aromatic rings. The minimum Gasteiger partial charge on any atom is -0.466 e. The summed E-state index contributed by atoms with van der Waals surface area (Å²) in [7, 11) is -3.81. The summed E-state index contributed by atoms with van der Waals surface area (Å²) in [6, 6.07) is 2.63. The Morgan fingerprint density at radius 3 is 2.35 bits per heavy atom. The number of nitro groups is 1. The molecule has 0 bridgehead atoms. The van der Waals surface area contributed by atoms with E-state index in [1.54, 1.807) is 0 Å². The zero-order chi connectivity index (χ0) is 32.5. The molecule has 1 heterocycles. The molecule has 0 aliphatic carbocycles. The minimum absolute atomic E-state index is 0.512. The van der Waals surface area contributed by atoms with Crippen LogP contribution >= 0.6 is 11.8 Å². The number of para-hydroxylation sites is 1. The molecule has 0 radical (unpaired) electrons. The van der Waals surface area contributed by atoms with E-state index in [0.717, 1.165) is 51.8 Å². The Hall–Kier alpha value is -3.97. The first-order valence-electron chi connectivity index (χ1n) is 12.2. The lowest BCUT2D eigenvalue weighted by molar-refractivity contribution is -0.387. The normalized spacial score (nSPS) is 23.0. The first kappa shape index (κ1) is 35.2. The summed E-state index contributed by atoms with van der Waals surface area (Å²) in [5, 5.41) is 15.0. The molecule has 0 unspecified atom stereocenters. The number of rotatable bonds is 13. The number of sulfonamides is 1. The van der Waals surface area contributed by atoms with Gasteiger partial charge in [-0.1, -0.05) is 17.2 Å². The lowest BCUT2D eigenvalue weighted by Gasteiger charge is -2.48. The number of hydrogen-bond donors (Lipinski definition) is 1. The molecule has 20 heteroatoms. The molecule has 1 N–H and O–H groups in total. The summed E-state index contributed by atoms with van der Waals surface area (Å²) in [6.07, 6.45) is -5.89. The van der Waals surface area contributed by atoms with Gasteiger partial charge in [-0.2, -0.15) is 0 Å². The van der Waals surface area contributed by atoms with Gasteiger partial charge in [0.25, 0.3) is 5.69 Å². The number of ether oxygens (including phenoxy) is 5. The fourth-order valence-corrected chi connectivity index (χ4v) is 6.59. The van der Waals surface area contributed by atoms with Gasteiger partial charge in [-0.3, -0.25) is 24.5 Å². The molecular weight excluding hydrogens is 618 g/mol. The van der Waals surface area contributed by atoms with Crippen LogP contribution in [0.2, 0.25) is 0 Å². The van der Waals surface area contributed by atoms with Crippen molar-refractivity contribution in [2.24, 2.45) is 5.11 Å². The van der Waals surface area contributed by atoms with Gasteiger partial charge in [0.05, 0.1) is 24.6 Å². The maximum atomic E-state index is 13.6. The first-order chi connectivity index (χ1) is 20.1. The van der Waals surface area contributed by atoms with Crippen molar-refractivity contribution in [3.63, 3.8) is 0 Å². The molecule has 1 aliphatic rings. The molecule has 0 saturated carbocycles. The number of nitrogens with one attached hydrogen (secondary N) is 1. The van der Waals surface area contributed by atoms with Gasteiger partial charge < -0.3 is 23.7 Å². The van der Waals surface area contributed by atoms with Crippen molar-refractivity contribution in [2.75, 3.05) is 19.9 Å². The number of azide groups is 1. The summed E-state index contributed by atoms with van der Waals surface area (Å²) in [5.41, 5.74) is 8.11. The average Bonchev–Trinajstić information content (AvgIpc) is 2.93. The third kappa shape index (κ3) is 8.77. The molecule has 2 rings (SSSR count). The number of carbonyl (C=O) groups excluding carboxylic acids is 4. The largest absolute Gasteiger partial charge is 0.466 e. The summed E-state index contributed by atoms with van der Waals surface area (Å²) in [4.78, 5) is 59.9. The number of nitrogens with zero attached hydrogens (tertiary/aromatic N) is 4. The number of hydrogen-bond acceptors (Lipinski definition) is 15. The number of carbonyl (C=O) groups is 4. The van der Waals surface area contributed by atoms with E-state index in [-0.39, 0.29) is 0 Å². The highest BCUT2D eigenvalue weighted by Crippen LogP contribution is 2.42. The number of methoxy groups -OCH3 is 1. The quantitative estimate of drug-likeness (QED) is 0.0604. The van der Waals surface area contributed by atoms with E-state index in [1.807, 2.05) is 0 Å². The predicted molar refractivity (Wildman–Crippen MR) is 146 cm³/mol. The average molecular weight is 648 g/mol. The Morgan fingerprint density at radius 1 is 1.21 bits per heavy atom. The van der Waals surface area contributed by atoms with Crippen LogP contribution in [-0.2, 0) is 52.9 Å². The van der Waals surface area contributed by atoms with Gasteiger partial charge in [0, 0.05) is 38.2 Å². The van der Waals surface area contributed by atoms with Crippen LogP contribution < -0.4 is 4.72 Å². The first-order valence-corrected chi connectivity index (χ1v) is 14.9. The van der Waals surface area contributed by atoms with E-state index in [4.69, 9.17) is 29.2 Å². The minimum atomic E-state index is -4.85. The van der Waals surface area contributed by atoms with E-state index in [1.165, 1.54) is 18.4 Å². The van der Waals surface area contributed by atoms with E-state index in [2.05, 4.69) is 14.7 Å². The van der Waals surface area contributed by atoms with Gasteiger partial charge in [-0.15, -0.1) is 11.8 Å². The van der Waals surface area contributed by atoms with Gasteiger partial charge in [0.2, 0.25) is 15.0 Å². The van der Waals surface area contributed by atoms with Crippen molar-refractivity contribution in [3.8, 4) is 0 Å². The lowest BCUT2D eigenvalue weighted by Crippen LogP contribution is -2.68. The third-order valence-corrected chi connectivity index (χ3v) is 8.57. The fourth-order valence-electron chi connectivity index (χ4n) is 4.35. The van der Waals surface area contributed by atoms with Crippen LogP contribution in [0.5, 0.6) is 0 Å². The summed E-state index contributed by atoms with van der Waals surface area (Å²) in [5.74, 6) is -3.84. The van der Waals surface area contributed by atoms with Crippen LogP contribution in [0.3, 0.4) is 0 Å². The van der Waals surface area contributed by atoms with Crippen LogP contribution in [0.25, 0.3) is 10.4 Å². The second-order valence-electron chi connectivity index (χ2n) is 8.89. The highest BCUT2D eigenvalue weighted by atomic mass is 32.2. The monoisotopic (exact) mass is 647 g/mol. The topological polar surface area (TPSA) is 252 Å². The summed E-state index contributed by atoms with van der Waals surface area (Å²) >= 11 is 0.778. The Bertz CT molecular complexity index is 1400. The Kier molecular flexibility index (Phi) is 12.3. The van der Waals surface area contributed by atoms with Crippen molar-refractivity contribution >= 4 is 51.3 Å². The Morgan fingerprint density at radius 2 is 1.84 bits per heavy atom. The van der Waals surface area contributed by atoms with Crippen LogP contribution in [0.4, 0.5) is 5.69 Å². The van der Waals surface area contributed by atoms with Crippen molar-refractivity contribution in [1.82, 2.24) is 4.72 Å². The van der Waals surface area contributed by atoms with Gasteiger partial charge in [0.1, 0.15) is 18.3 Å². The van der Waals surface area contributed by atoms with E-state index < -0.39 is 97.8 Å². The molecule has 1 saturated heterocycles. The van der Waals surface area contributed by atoms with Crippen LogP contribution in [0.1, 0.15) is 27.2 Å². The van der Waals surface area contributed by atoms with Crippen LogP contribution in [-0.4, -0.2) is 92.5 Å². The molecule has 1 aliphatic heterocycles. The van der Waals surface area contributed by atoms with Gasteiger partial charge >= 0.3 is 23.9 Å². The second kappa shape index (κ2) is 15.0. The predicted octanol–water partition coefficient (Wildman–Crippen LogP) is 1.37. The van der Waals surface area contributed by atoms with Gasteiger partial charge in [0.15, 0.2) is 11.0 Å². The number of thioether (sulfide) groups is 1. The van der Waals surface area contributed by atoms with Gasteiger partial charge in [-0.25, -0.2) is 17.9 Å². The molecule has 0 aromatic heterocycles. The standard InChI is InChI=1S/C23H29N5O13S2/c1-12(29)38-16-10-23(42-5,22(32)37-4)41-21(20(40-14(3)31)17(11-25-27-24)39-13(2)30)19(16)26-43(35,36)18-9-7-6-8-15(18)28(33)34/h6-9,16-17,19-21,26H,10-11H2,1-5H3/t16-,17+,19+,20+,21+,23-/m0/s1. The maximum absolute atomic E-state index is 13.6. The Balaban J connectivity index is 2.87. The van der Waals surface area contributed by atoms with Crippen molar-refractivity contribution < 1.29 is 56.2 Å². The number of benzene rings is 1. The smallest absolute Gasteiger partial charge is 0.348 e. The molecule has 236 valence electrons. The number of nitro benzene ring substituents is 1. The number of esters is 4. The molecule has 0 spiro atoms. The second-order valence-corrected chi connectivity index (χ2v) is 11.6. The molecular formula is C23H29N5O13S2. The zero-order valence-corrected chi connectivity index (χ0v) is 25.2. The molecule has 6 atom stereocenters. The Labute approximate surface area is 249 Å². The van der Waals surface area contributed by atoms with E-state index in [9.17, 15) is 37.7 Å². The lowest BCUT2D eigenvalue weighted by atomic mass is 9.90. The van der Waals surface area contributed by atoms with E-state index >= 15 is 0 Å². The van der Waals surface area contributed by atoms with Crippen LogP contribution in [0, 0.1) is 10.1 Å². The summed E-state index contributed by atoms with van der Waals surface area (Å²) in [6.45, 7) is 2.31. The van der Waals surface area contributed by atoms with Gasteiger partial charge in [-0.05, 0) is 17.9 Å². The zero-order valence-electron chi connectivity index (χ0n) is 23.5. The van der Waals surface area contributed by atoms with Crippen molar-refractivity contribution in [1.29, 1.82) is 0 Å². The third-order valence-electron chi connectivity index (χ3n) is 5.97. The molecule has 43 heavy (non-hydrogen) atoms. The molecule has 0 amide bonds. The molecule has 18 nitrogen and oxygen atoms in total. The molecule has 1 aromatic carbocycles. The van der Waals surface area contributed by atoms with E-state index in [0.29, 0.717) is 0 Å². The molecule has 1 fully saturated rings. The maximum Gasteiger partial charge on any atom is 0.348 e. The van der Waals surface area contributed by atoms with Crippen LogP contribution in [0.15, 0.2) is 34.3 Å². The van der Waals surface area contributed by atoms with Crippen molar-refractivity contribution in [3.05, 3.63) is 44.8 Å². The highest BCUT2D eigenvalue weighted by molar-refractivity contribution is 8.00. The SMILES string of the molecule is COC(=O)[C@@]1(SC)C[C@H](OC(C)=O)[C@@H](NS(=O)(=O)c2ccccc2[N+](=O)[O-])[C@H]([C@H](OC(C)=O)[C@@H](CN=[N+]=[N-])OC(C)=O)O1. The van der Waals surface area contributed by atoms with Crippen molar-refractivity contribution in [2.45, 2.75) is 67.5 Å². The fraction of sp³-hybridized carbons (Fsp3) is 0.565. The summed E-state index contributed by atoms with van der Waals surface area (Å²) < 4.78 is 56.5. The highest BCUT2D eigenvalue weighted by Gasteiger charge is 2.58.